The number of carbonyl (C=O) groups is 2. The van der Waals surface area contributed by atoms with E-state index in [0.29, 0.717) is 18.2 Å². The lowest BCUT2D eigenvalue weighted by Gasteiger charge is -2.17. The summed E-state index contributed by atoms with van der Waals surface area (Å²) in [7, 11) is 0. The Morgan fingerprint density at radius 3 is 1.58 bits per heavy atom. The summed E-state index contributed by atoms with van der Waals surface area (Å²) in [4.78, 5) is 22.7. The van der Waals surface area contributed by atoms with Crippen LogP contribution in [0.15, 0.2) is 0 Å². The van der Waals surface area contributed by atoms with Gasteiger partial charge >= 0.3 is 0 Å². The van der Waals surface area contributed by atoms with Crippen molar-refractivity contribution in [3.63, 3.8) is 0 Å². The van der Waals surface area contributed by atoms with Gasteiger partial charge in [-0.15, -0.1) is 0 Å². The molecule has 0 atom stereocenters. The van der Waals surface area contributed by atoms with E-state index in [4.69, 9.17) is 16.3 Å². The van der Waals surface area contributed by atoms with Crippen LogP contribution in [0.5, 0.6) is 0 Å². The summed E-state index contributed by atoms with van der Waals surface area (Å²) in [6, 6.07) is 0. The van der Waals surface area contributed by atoms with Gasteiger partial charge in [0.15, 0.2) is 0 Å². The quantitative estimate of drug-likeness (QED) is 0.373. The maximum absolute atomic E-state index is 11.1. The number of halogens is 3. The highest BCUT2D eigenvalue weighted by atomic mass is 79.9. The van der Waals surface area contributed by atoms with Crippen LogP contribution in [0, 0.1) is 0 Å². The molecule has 1 rings (SSSR count). The third-order valence-electron chi connectivity index (χ3n) is 3.04. The van der Waals surface area contributed by atoms with E-state index in [1.54, 1.807) is 0 Å². The summed E-state index contributed by atoms with van der Waals surface area (Å²) in [6.07, 6.45) is 3.59. The second-order valence-corrected chi connectivity index (χ2v) is 7.08. The Balaban J connectivity index is -0.000000285. The van der Waals surface area contributed by atoms with Gasteiger partial charge in [0.2, 0.25) is 11.1 Å². The predicted molar refractivity (Wildman–Crippen MR) is 120 cm³/mol. The number of nitrogens with zero attached hydrogens (tertiary/aromatic N) is 1. The summed E-state index contributed by atoms with van der Waals surface area (Å²) in [5.41, 5.74) is 0. The van der Waals surface area contributed by atoms with Gasteiger partial charge in [0.25, 0.3) is 0 Å². The molecule has 26 heavy (non-hydrogen) atoms. The zero-order valence-electron chi connectivity index (χ0n) is 16.8. The average Bonchev–Trinajstić information content (AvgIpc) is 3.18. The lowest BCUT2D eigenvalue weighted by Crippen LogP contribution is -2.30. The van der Waals surface area contributed by atoms with E-state index in [-0.39, 0.29) is 11.1 Å². The van der Waals surface area contributed by atoms with E-state index in [2.05, 4.69) is 51.0 Å². The van der Waals surface area contributed by atoms with Crippen molar-refractivity contribution in [3.05, 3.63) is 0 Å². The monoisotopic (exact) mass is 522 g/mol. The first-order valence-electron chi connectivity index (χ1n) is 9.31. The van der Waals surface area contributed by atoms with Crippen LogP contribution in [-0.4, -0.2) is 66.1 Å². The van der Waals surface area contributed by atoms with Crippen molar-refractivity contribution >= 4 is 54.6 Å². The molecule has 1 heterocycles. The Bertz CT molecular complexity index is 295. The van der Waals surface area contributed by atoms with Crippen LogP contribution in [0.2, 0.25) is 0 Å². The van der Waals surface area contributed by atoms with Crippen LogP contribution in [0.25, 0.3) is 0 Å². The fourth-order valence-electron chi connectivity index (χ4n) is 1.65. The number of amides is 1. The molecule has 158 valence electrons. The molecule has 0 spiro atoms. The molecule has 1 fully saturated rings. The number of alkyl halides is 2. The molecular formula is C18H37Br2ClN2O3. The van der Waals surface area contributed by atoms with Gasteiger partial charge in [-0.1, -0.05) is 45.7 Å². The van der Waals surface area contributed by atoms with Crippen LogP contribution >= 0.6 is 43.5 Å². The molecule has 0 radical (unpaired) electrons. The number of hydrogen-bond acceptors (Lipinski definition) is 4. The molecule has 0 aliphatic carbocycles. The Kier molecular flexibility index (Phi) is 32.8. The van der Waals surface area contributed by atoms with Crippen molar-refractivity contribution in [2.45, 2.75) is 53.4 Å². The maximum Gasteiger partial charge on any atom is 0.223 e. The third kappa shape index (κ3) is 29.1. The predicted octanol–water partition coefficient (Wildman–Crippen LogP) is 4.59. The van der Waals surface area contributed by atoms with Crippen molar-refractivity contribution < 1.29 is 14.3 Å². The van der Waals surface area contributed by atoms with Crippen LogP contribution < -0.4 is 5.32 Å². The summed E-state index contributed by atoms with van der Waals surface area (Å²) < 4.78 is 4.94. The van der Waals surface area contributed by atoms with Crippen molar-refractivity contribution in [2.24, 2.45) is 0 Å². The summed E-state index contributed by atoms with van der Waals surface area (Å²) in [5, 5.41) is 4.25. The first-order chi connectivity index (χ1) is 12.4. The molecule has 0 saturated carbocycles. The van der Waals surface area contributed by atoms with Crippen molar-refractivity contribution in [2.75, 3.05) is 50.1 Å². The van der Waals surface area contributed by atoms with Gasteiger partial charge in [-0.25, -0.2) is 0 Å². The molecule has 0 bridgehead atoms. The first kappa shape index (κ1) is 31.0. The minimum atomic E-state index is -0.285. The number of rotatable bonds is 8. The lowest BCUT2D eigenvalue weighted by atomic mass is 10.4. The zero-order valence-corrected chi connectivity index (χ0v) is 20.7. The van der Waals surface area contributed by atoms with E-state index in [0.717, 1.165) is 44.7 Å². The fourth-order valence-corrected chi connectivity index (χ4v) is 2.67. The molecule has 1 amide bonds. The minimum absolute atomic E-state index is 0.238. The Hall–Kier alpha value is 0.310. The summed E-state index contributed by atoms with van der Waals surface area (Å²) >= 11 is 11.2. The maximum atomic E-state index is 11.1. The first-order valence-corrected chi connectivity index (χ1v) is 11.9. The van der Waals surface area contributed by atoms with E-state index >= 15 is 0 Å². The fraction of sp³-hybridized carbons (Fsp3) is 0.889. The Morgan fingerprint density at radius 1 is 0.962 bits per heavy atom. The van der Waals surface area contributed by atoms with Gasteiger partial charge in [0.05, 0.1) is 0 Å². The topological polar surface area (TPSA) is 58.6 Å². The van der Waals surface area contributed by atoms with Crippen molar-refractivity contribution in [1.82, 2.24) is 10.2 Å². The number of ether oxygens (including phenoxy) is 1. The van der Waals surface area contributed by atoms with E-state index < -0.39 is 0 Å². The molecular weight excluding hydrogens is 487 g/mol. The molecule has 1 saturated heterocycles. The van der Waals surface area contributed by atoms with Crippen molar-refractivity contribution in [1.29, 1.82) is 0 Å². The molecule has 0 aromatic heterocycles. The highest BCUT2D eigenvalue weighted by molar-refractivity contribution is 9.09. The van der Waals surface area contributed by atoms with Gasteiger partial charge < -0.3 is 15.0 Å². The van der Waals surface area contributed by atoms with Crippen LogP contribution in [0.1, 0.15) is 53.4 Å². The molecule has 8 heteroatoms. The van der Waals surface area contributed by atoms with Gasteiger partial charge in [-0.2, -0.15) is 0 Å². The standard InChI is InChI=1S/C7H14BrNO.C4H11N.C4H8O.C3H4BrClO/c1-3-9(4-2)7(10)5-6-8;1-3-5-4-2;1-2-4-5-3-1;4-2-1-3(5)6/h3-6H2,1-2H3;5H,3-4H2,1-2H3;1-4H2;1-2H2. The molecule has 0 unspecified atom stereocenters. The molecule has 1 N–H and O–H groups in total. The normalized spacial score (nSPS) is 11.8. The Morgan fingerprint density at radius 2 is 1.42 bits per heavy atom. The van der Waals surface area contributed by atoms with Crippen molar-refractivity contribution in [3.8, 4) is 0 Å². The zero-order chi connectivity index (χ0) is 20.6. The number of hydrogen-bond donors (Lipinski definition) is 1. The minimum Gasteiger partial charge on any atom is -0.381 e. The number of nitrogens with one attached hydrogen (secondary N) is 1. The van der Waals surface area contributed by atoms with Crippen LogP contribution in [0.3, 0.4) is 0 Å². The van der Waals surface area contributed by atoms with Gasteiger partial charge in [-0.05, 0) is 51.4 Å². The van der Waals surface area contributed by atoms with E-state index in [1.165, 1.54) is 12.8 Å². The van der Waals surface area contributed by atoms with Gasteiger partial charge in [-0.3, -0.25) is 9.59 Å². The largest absolute Gasteiger partial charge is 0.381 e. The molecule has 0 aromatic carbocycles. The average molecular weight is 525 g/mol. The highest BCUT2D eigenvalue weighted by Crippen LogP contribution is 1.98. The third-order valence-corrected chi connectivity index (χ3v) is 4.02. The highest BCUT2D eigenvalue weighted by Gasteiger charge is 2.06. The molecule has 1 aliphatic heterocycles. The number of carbonyl (C=O) groups excluding carboxylic acids is 2. The second-order valence-electron chi connectivity index (χ2n) is 5.08. The smallest absolute Gasteiger partial charge is 0.223 e. The van der Waals surface area contributed by atoms with Crippen LogP contribution in [-0.2, 0) is 14.3 Å². The summed E-state index contributed by atoms with van der Waals surface area (Å²) in [6.45, 7) is 14.0. The lowest BCUT2D eigenvalue weighted by molar-refractivity contribution is -0.130. The molecule has 5 nitrogen and oxygen atoms in total. The Labute approximate surface area is 182 Å². The van der Waals surface area contributed by atoms with Gasteiger partial charge in [0.1, 0.15) is 0 Å². The molecule has 1 aliphatic rings. The van der Waals surface area contributed by atoms with E-state index in [1.807, 2.05) is 18.7 Å². The van der Waals surface area contributed by atoms with Gasteiger partial charge in [0, 0.05) is 49.8 Å². The van der Waals surface area contributed by atoms with E-state index in [9.17, 15) is 9.59 Å². The second kappa shape index (κ2) is 27.5. The van der Waals surface area contributed by atoms with Crippen LogP contribution in [0.4, 0.5) is 0 Å². The SMILES string of the molecule is C1CCOC1.CCN(CC)C(=O)CCBr.CCNCC.O=C(Cl)CCBr. The summed E-state index contributed by atoms with van der Waals surface area (Å²) in [5.74, 6) is 0.238. The molecule has 0 aromatic rings.